The van der Waals surface area contributed by atoms with Gasteiger partial charge >= 0.3 is 5.97 Å². The number of unbranched alkanes of at least 4 members (excludes halogenated alkanes) is 23. The molecule has 0 amide bonds. The number of aliphatic hydroxyl groups excluding tert-OH is 1. The molecule has 5 nitrogen and oxygen atoms in total. The van der Waals surface area contributed by atoms with Gasteiger partial charge in [0.05, 0.1) is 18.6 Å². The van der Waals surface area contributed by atoms with Crippen LogP contribution in [-0.4, -0.2) is 42.3 Å². The standard InChI is InChI=1S/C38H74O5/c1-5-7-9-11-13-15-17-19-21-23-25-27-29-31-36(39)35(37(40)41-32-34-33-42-38(3,4)43-34)30-28-26-24-22-20-18-16-14-12-10-8-6-2/h34-36,39H,5-33H2,1-4H3. The topological polar surface area (TPSA) is 65.0 Å². The predicted molar refractivity (Wildman–Crippen MR) is 181 cm³/mol. The van der Waals surface area contributed by atoms with E-state index in [0.717, 1.165) is 25.7 Å². The Morgan fingerprint density at radius 1 is 0.651 bits per heavy atom. The normalized spacial score (nSPS) is 17.7. The third-order valence-electron chi connectivity index (χ3n) is 9.22. The molecule has 1 fully saturated rings. The molecule has 0 bridgehead atoms. The van der Waals surface area contributed by atoms with E-state index in [2.05, 4.69) is 13.8 Å². The minimum atomic E-state index is -0.626. The fourth-order valence-electron chi connectivity index (χ4n) is 6.37. The van der Waals surface area contributed by atoms with E-state index in [0.29, 0.717) is 19.4 Å². The predicted octanol–water partition coefficient (Wildman–Crippen LogP) is 11.2. The summed E-state index contributed by atoms with van der Waals surface area (Å²) in [6, 6.07) is 0. The lowest BCUT2D eigenvalue weighted by atomic mass is 9.91. The lowest BCUT2D eigenvalue weighted by Gasteiger charge is -2.23. The molecule has 1 N–H and O–H groups in total. The van der Waals surface area contributed by atoms with Crippen molar-refractivity contribution in [3.05, 3.63) is 0 Å². The molecule has 0 spiro atoms. The molecule has 0 saturated carbocycles. The van der Waals surface area contributed by atoms with Gasteiger partial charge in [-0.1, -0.05) is 174 Å². The van der Waals surface area contributed by atoms with Gasteiger partial charge in [0.2, 0.25) is 0 Å². The van der Waals surface area contributed by atoms with Crippen LogP contribution >= 0.6 is 0 Å². The quantitative estimate of drug-likeness (QED) is 0.0625. The zero-order chi connectivity index (χ0) is 31.4. The van der Waals surface area contributed by atoms with Crippen LogP contribution in [-0.2, 0) is 19.0 Å². The van der Waals surface area contributed by atoms with Crippen molar-refractivity contribution in [1.29, 1.82) is 0 Å². The molecule has 1 saturated heterocycles. The molecule has 3 atom stereocenters. The molecular formula is C38H74O5. The molecule has 0 radical (unpaired) electrons. The number of hydrogen-bond donors (Lipinski definition) is 1. The van der Waals surface area contributed by atoms with Gasteiger partial charge in [-0.3, -0.25) is 4.79 Å². The maximum atomic E-state index is 13.1. The monoisotopic (exact) mass is 611 g/mol. The first kappa shape index (κ1) is 40.4. The van der Waals surface area contributed by atoms with E-state index in [4.69, 9.17) is 14.2 Å². The molecule has 5 heteroatoms. The number of carbonyl (C=O) groups is 1. The minimum absolute atomic E-state index is 0.197. The van der Waals surface area contributed by atoms with Crippen LogP contribution < -0.4 is 0 Å². The van der Waals surface area contributed by atoms with E-state index in [9.17, 15) is 9.90 Å². The summed E-state index contributed by atoms with van der Waals surface area (Å²) >= 11 is 0. The zero-order valence-electron chi connectivity index (χ0n) is 29.3. The molecule has 0 aromatic carbocycles. The van der Waals surface area contributed by atoms with Gasteiger partial charge in [-0.05, 0) is 26.7 Å². The molecular weight excluding hydrogens is 536 g/mol. The van der Waals surface area contributed by atoms with Crippen LogP contribution in [0.25, 0.3) is 0 Å². The van der Waals surface area contributed by atoms with Crippen molar-refractivity contribution in [3.63, 3.8) is 0 Å². The van der Waals surface area contributed by atoms with Crippen LogP contribution in [0.2, 0.25) is 0 Å². The smallest absolute Gasteiger partial charge is 0.311 e. The Morgan fingerprint density at radius 3 is 1.40 bits per heavy atom. The van der Waals surface area contributed by atoms with Crippen LogP contribution in [0.15, 0.2) is 0 Å². The summed E-state index contributed by atoms with van der Waals surface area (Å²) in [6.07, 6.45) is 33.1. The minimum Gasteiger partial charge on any atom is -0.463 e. The highest BCUT2D eigenvalue weighted by molar-refractivity contribution is 5.73. The van der Waals surface area contributed by atoms with Gasteiger partial charge in [0.15, 0.2) is 5.79 Å². The Hall–Kier alpha value is -0.650. The van der Waals surface area contributed by atoms with Crippen molar-refractivity contribution < 1.29 is 24.1 Å². The van der Waals surface area contributed by atoms with Gasteiger partial charge in [0, 0.05) is 0 Å². The first-order valence-electron chi connectivity index (χ1n) is 19.1. The summed E-state index contributed by atoms with van der Waals surface area (Å²) in [5.41, 5.74) is 0. The average molecular weight is 611 g/mol. The largest absolute Gasteiger partial charge is 0.463 e. The van der Waals surface area contributed by atoms with Crippen LogP contribution in [0.5, 0.6) is 0 Å². The highest BCUT2D eigenvalue weighted by Gasteiger charge is 2.34. The van der Waals surface area contributed by atoms with E-state index in [-0.39, 0.29) is 18.7 Å². The first-order chi connectivity index (χ1) is 20.9. The Morgan fingerprint density at radius 2 is 1.02 bits per heavy atom. The van der Waals surface area contributed by atoms with Gasteiger partial charge in [-0.25, -0.2) is 0 Å². The van der Waals surface area contributed by atoms with Crippen molar-refractivity contribution >= 4 is 5.97 Å². The highest BCUT2D eigenvalue weighted by atomic mass is 16.7. The number of hydrogen-bond acceptors (Lipinski definition) is 5. The highest BCUT2D eigenvalue weighted by Crippen LogP contribution is 2.25. The molecule has 1 aliphatic rings. The summed E-state index contributed by atoms with van der Waals surface area (Å²) in [7, 11) is 0. The van der Waals surface area contributed by atoms with Crippen molar-refractivity contribution in [1.82, 2.24) is 0 Å². The summed E-state index contributed by atoms with van der Waals surface area (Å²) in [5.74, 6) is -1.33. The molecule has 1 aliphatic heterocycles. The number of esters is 1. The number of rotatable bonds is 31. The van der Waals surface area contributed by atoms with Crippen LogP contribution in [0.4, 0.5) is 0 Å². The van der Waals surface area contributed by atoms with E-state index < -0.39 is 17.8 Å². The second-order valence-corrected chi connectivity index (χ2v) is 14.0. The fraction of sp³-hybridized carbons (Fsp3) is 0.974. The molecule has 256 valence electrons. The van der Waals surface area contributed by atoms with E-state index in [1.807, 2.05) is 13.8 Å². The summed E-state index contributed by atoms with van der Waals surface area (Å²) in [4.78, 5) is 13.1. The third kappa shape index (κ3) is 23.4. The summed E-state index contributed by atoms with van der Waals surface area (Å²) in [5, 5.41) is 11.1. The van der Waals surface area contributed by atoms with Crippen LogP contribution in [0.1, 0.15) is 201 Å². The van der Waals surface area contributed by atoms with Gasteiger partial charge < -0.3 is 19.3 Å². The second-order valence-electron chi connectivity index (χ2n) is 14.0. The van der Waals surface area contributed by atoms with Crippen molar-refractivity contribution in [3.8, 4) is 0 Å². The fourth-order valence-corrected chi connectivity index (χ4v) is 6.37. The van der Waals surface area contributed by atoms with E-state index in [1.54, 1.807) is 0 Å². The van der Waals surface area contributed by atoms with Gasteiger partial charge in [-0.2, -0.15) is 0 Å². The van der Waals surface area contributed by atoms with Crippen molar-refractivity contribution in [2.45, 2.75) is 219 Å². The van der Waals surface area contributed by atoms with Crippen LogP contribution in [0.3, 0.4) is 0 Å². The van der Waals surface area contributed by atoms with Crippen molar-refractivity contribution in [2.75, 3.05) is 13.2 Å². The van der Waals surface area contributed by atoms with Gasteiger partial charge in [0.1, 0.15) is 12.7 Å². The number of ether oxygens (including phenoxy) is 3. The summed E-state index contributed by atoms with van der Waals surface area (Å²) < 4.78 is 17.1. The van der Waals surface area contributed by atoms with E-state index in [1.165, 1.54) is 135 Å². The lowest BCUT2D eigenvalue weighted by molar-refractivity contribution is -0.164. The molecule has 0 aromatic rings. The Balaban J connectivity index is 2.25. The Kier molecular flexibility index (Phi) is 26.0. The molecule has 0 aromatic heterocycles. The molecule has 3 unspecified atom stereocenters. The number of carbonyl (C=O) groups excluding carboxylic acids is 1. The van der Waals surface area contributed by atoms with Crippen LogP contribution in [0, 0.1) is 5.92 Å². The van der Waals surface area contributed by atoms with Crippen molar-refractivity contribution in [2.24, 2.45) is 5.92 Å². The maximum Gasteiger partial charge on any atom is 0.311 e. The molecule has 1 heterocycles. The summed E-state index contributed by atoms with van der Waals surface area (Å²) in [6.45, 7) is 8.94. The third-order valence-corrected chi connectivity index (χ3v) is 9.22. The average Bonchev–Trinajstić information content (AvgIpc) is 3.34. The molecule has 43 heavy (non-hydrogen) atoms. The molecule has 0 aliphatic carbocycles. The maximum absolute atomic E-state index is 13.1. The second kappa shape index (κ2) is 27.6. The van der Waals surface area contributed by atoms with E-state index >= 15 is 0 Å². The van der Waals surface area contributed by atoms with Gasteiger partial charge in [0.25, 0.3) is 0 Å². The zero-order valence-corrected chi connectivity index (χ0v) is 29.3. The lowest BCUT2D eigenvalue weighted by Crippen LogP contribution is -2.33. The molecule has 1 rings (SSSR count). The Labute approximate surface area is 268 Å². The SMILES string of the molecule is CCCCCCCCCCCCCCCC(O)C(CCCCCCCCCCCCCC)C(=O)OCC1COC(C)(C)O1. The Bertz CT molecular complexity index is 621. The van der Waals surface area contributed by atoms with Gasteiger partial charge in [-0.15, -0.1) is 0 Å². The first-order valence-corrected chi connectivity index (χ1v) is 19.1. The number of aliphatic hydroxyl groups is 1.